The molecular weight excluding hydrogens is 187 g/mol. The monoisotopic (exact) mass is 198 g/mol. The molecule has 1 heteroatoms. The summed E-state index contributed by atoms with van der Waals surface area (Å²) in [7, 11) is 0. The Morgan fingerprint density at radius 1 is 0.867 bits per heavy atom. The highest BCUT2D eigenvalue weighted by atomic mass is 19.1. The van der Waals surface area contributed by atoms with E-state index in [4.69, 9.17) is 0 Å². The quantitative estimate of drug-likeness (QED) is 0.686. The van der Waals surface area contributed by atoms with Crippen LogP contribution in [0.1, 0.15) is 11.1 Å². The van der Waals surface area contributed by atoms with Gasteiger partial charge in [-0.25, -0.2) is 4.39 Å². The normalized spacial score (nSPS) is 9.93. The molecule has 0 atom stereocenters. The van der Waals surface area contributed by atoms with Crippen LogP contribution >= 0.6 is 0 Å². The van der Waals surface area contributed by atoms with Crippen molar-refractivity contribution in [1.82, 2.24) is 0 Å². The fourth-order valence-corrected chi connectivity index (χ4v) is 1.48. The van der Waals surface area contributed by atoms with Gasteiger partial charge in [0, 0.05) is 0 Å². The van der Waals surface area contributed by atoms with Crippen LogP contribution in [0.4, 0.5) is 4.39 Å². The molecule has 0 aromatic heterocycles. The van der Waals surface area contributed by atoms with Gasteiger partial charge in [-0.05, 0) is 28.8 Å². The van der Waals surface area contributed by atoms with Gasteiger partial charge in [-0.15, -0.1) is 0 Å². The molecule has 0 saturated carbocycles. The van der Waals surface area contributed by atoms with Crippen molar-refractivity contribution in [3.63, 3.8) is 0 Å². The van der Waals surface area contributed by atoms with Gasteiger partial charge in [0.1, 0.15) is 5.82 Å². The Kier molecular flexibility index (Phi) is 2.64. The Morgan fingerprint density at radius 2 is 1.53 bits per heavy atom. The van der Waals surface area contributed by atoms with E-state index in [1.165, 1.54) is 12.1 Å². The highest BCUT2D eigenvalue weighted by molar-refractivity contribution is 5.77. The molecule has 0 radical (unpaired) electrons. The Morgan fingerprint density at radius 3 is 2.20 bits per heavy atom. The molecule has 0 fully saturated rings. The van der Waals surface area contributed by atoms with Gasteiger partial charge in [-0.1, -0.05) is 49.0 Å². The molecule has 0 spiro atoms. The molecule has 0 heterocycles. The predicted octanol–water partition coefficient (Wildman–Crippen LogP) is 3.89. The van der Waals surface area contributed by atoms with E-state index in [0.717, 1.165) is 16.7 Å². The van der Waals surface area contributed by atoms with E-state index < -0.39 is 0 Å². The summed E-state index contributed by atoms with van der Waals surface area (Å²) >= 11 is 0. The molecule has 0 unspecified atom stereocenters. The van der Waals surface area contributed by atoms with E-state index in [1.807, 2.05) is 36.4 Å². The molecule has 2 aromatic carbocycles. The van der Waals surface area contributed by atoms with Crippen molar-refractivity contribution < 1.29 is 4.39 Å². The van der Waals surface area contributed by atoms with Crippen molar-refractivity contribution in [2.45, 2.75) is 0 Å². The van der Waals surface area contributed by atoms with Crippen molar-refractivity contribution in [3.05, 3.63) is 78.1 Å². The SMILES string of the molecule is C=C(c1ccccc1)c1cccc(F)c1. The van der Waals surface area contributed by atoms with Gasteiger partial charge in [0.2, 0.25) is 0 Å². The first-order valence-electron chi connectivity index (χ1n) is 4.77. The number of benzene rings is 2. The van der Waals surface area contributed by atoms with Gasteiger partial charge in [-0.3, -0.25) is 0 Å². The molecule has 2 rings (SSSR count). The van der Waals surface area contributed by atoms with Crippen LogP contribution < -0.4 is 0 Å². The van der Waals surface area contributed by atoms with Crippen LogP contribution in [0.3, 0.4) is 0 Å². The summed E-state index contributed by atoms with van der Waals surface area (Å²) in [4.78, 5) is 0. The van der Waals surface area contributed by atoms with Gasteiger partial charge in [0.05, 0.1) is 0 Å². The summed E-state index contributed by atoms with van der Waals surface area (Å²) in [6, 6.07) is 16.2. The molecular formula is C14H11F. The second-order valence-corrected chi connectivity index (χ2v) is 3.35. The largest absolute Gasteiger partial charge is 0.207 e. The summed E-state index contributed by atoms with van der Waals surface area (Å²) < 4.78 is 13.0. The van der Waals surface area contributed by atoms with Crippen molar-refractivity contribution in [2.24, 2.45) is 0 Å². The van der Waals surface area contributed by atoms with Gasteiger partial charge in [-0.2, -0.15) is 0 Å². The van der Waals surface area contributed by atoms with Crippen LogP contribution in [-0.4, -0.2) is 0 Å². The number of rotatable bonds is 2. The minimum Gasteiger partial charge on any atom is -0.207 e. The summed E-state index contributed by atoms with van der Waals surface area (Å²) in [5.74, 6) is -0.232. The third kappa shape index (κ3) is 2.13. The summed E-state index contributed by atoms with van der Waals surface area (Å²) in [6.07, 6.45) is 0. The van der Waals surface area contributed by atoms with Crippen molar-refractivity contribution in [2.75, 3.05) is 0 Å². The summed E-state index contributed by atoms with van der Waals surface area (Å²) in [6.45, 7) is 3.97. The lowest BCUT2D eigenvalue weighted by molar-refractivity contribution is 0.627. The minimum atomic E-state index is -0.232. The van der Waals surface area contributed by atoms with E-state index >= 15 is 0 Å². The van der Waals surface area contributed by atoms with Gasteiger partial charge in [0.25, 0.3) is 0 Å². The first-order chi connectivity index (χ1) is 7.27. The third-order valence-electron chi connectivity index (χ3n) is 2.30. The first-order valence-corrected chi connectivity index (χ1v) is 4.77. The van der Waals surface area contributed by atoms with Crippen LogP contribution in [0.2, 0.25) is 0 Å². The zero-order valence-corrected chi connectivity index (χ0v) is 8.28. The van der Waals surface area contributed by atoms with E-state index in [9.17, 15) is 4.39 Å². The zero-order valence-electron chi connectivity index (χ0n) is 8.28. The average molecular weight is 198 g/mol. The molecule has 0 N–H and O–H groups in total. The van der Waals surface area contributed by atoms with Crippen molar-refractivity contribution in [3.8, 4) is 0 Å². The Balaban J connectivity index is 2.37. The summed E-state index contributed by atoms with van der Waals surface area (Å²) in [5, 5.41) is 0. The molecule has 0 bridgehead atoms. The summed E-state index contributed by atoms with van der Waals surface area (Å²) in [5.41, 5.74) is 2.68. The lowest BCUT2D eigenvalue weighted by atomic mass is 10.00. The Hall–Kier alpha value is -1.89. The second kappa shape index (κ2) is 4.09. The highest BCUT2D eigenvalue weighted by Gasteiger charge is 2.01. The lowest BCUT2D eigenvalue weighted by Crippen LogP contribution is -1.86. The third-order valence-corrected chi connectivity index (χ3v) is 2.30. The Labute approximate surface area is 88.7 Å². The Bertz CT molecular complexity index is 472. The smallest absolute Gasteiger partial charge is 0.123 e. The van der Waals surface area contributed by atoms with Crippen LogP contribution in [-0.2, 0) is 0 Å². The van der Waals surface area contributed by atoms with E-state index in [1.54, 1.807) is 6.07 Å². The predicted molar refractivity (Wildman–Crippen MR) is 61.0 cm³/mol. The van der Waals surface area contributed by atoms with Gasteiger partial charge < -0.3 is 0 Å². The molecule has 0 saturated heterocycles. The standard InChI is InChI=1S/C14H11F/c1-11(12-6-3-2-4-7-12)13-8-5-9-14(15)10-13/h2-10H,1H2. The second-order valence-electron chi connectivity index (χ2n) is 3.35. The average Bonchev–Trinajstić information content (AvgIpc) is 2.29. The van der Waals surface area contributed by atoms with E-state index in [-0.39, 0.29) is 5.82 Å². The number of hydrogen-bond donors (Lipinski definition) is 0. The van der Waals surface area contributed by atoms with Crippen LogP contribution in [0.15, 0.2) is 61.2 Å². The molecule has 15 heavy (non-hydrogen) atoms. The number of hydrogen-bond acceptors (Lipinski definition) is 0. The highest BCUT2D eigenvalue weighted by Crippen LogP contribution is 2.21. The van der Waals surface area contributed by atoms with Crippen molar-refractivity contribution in [1.29, 1.82) is 0 Å². The molecule has 74 valence electrons. The van der Waals surface area contributed by atoms with Gasteiger partial charge in [0.15, 0.2) is 0 Å². The number of halogens is 1. The molecule has 0 aliphatic carbocycles. The topological polar surface area (TPSA) is 0 Å². The zero-order chi connectivity index (χ0) is 10.7. The molecule has 0 aliphatic heterocycles. The molecule has 0 nitrogen and oxygen atoms in total. The molecule has 2 aromatic rings. The van der Waals surface area contributed by atoms with Crippen LogP contribution in [0.25, 0.3) is 5.57 Å². The van der Waals surface area contributed by atoms with Crippen LogP contribution in [0.5, 0.6) is 0 Å². The molecule has 0 aliphatic rings. The lowest BCUT2D eigenvalue weighted by Gasteiger charge is -2.05. The maximum absolute atomic E-state index is 13.0. The van der Waals surface area contributed by atoms with Crippen molar-refractivity contribution >= 4 is 5.57 Å². The fourth-order valence-electron chi connectivity index (χ4n) is 1.48. The maximum Gasteiger partial charge on any atom is 0.123 e. The fraction of sp³-hybridized carbons (Fsp3) is 0. The van der Waals surface area contributed by atoms with E-state index in [2.05, 4.69) is 6.58 Å². The first kappa shape index (κ1) is 9.66. The van der Waals surface area contributed by atoms with Gasteiger partial charge >= 0.3 is 0 Å². The maximum atomic E-state index is 13.0. The van der Waals surface area contributed by atoms with Crippen LogP contribution in [0, 0.1) is 5.82 Å². The molecule has 0 amide bonds. The minimum absolute atomic E-state index is 0.232. The van der Waals surface area contributed by atoms with E-state index in [0.29, 0.717) is 0 Å².